The Hall–Kier alpha value is -1.06. The van der Waals surface area contributed by atoms with Crippen molar-refractivity contribution in [3.8, 4) is 0 Å². The molecule has 0 aromatic heterocycles. The van der Waals surface area contributed by atoms with Crippen LogP contribution in [0.5, 0.6) is 0 Å². The number of likely N-dealkylation sites (tertiary alicyclic amines) is 1. The van der Waals surface area contributed by atoms with Crippen molar-refractivity contribution in [3.05, 3.63) is 0 Å². The predicted molar refractivity (Wildman–Crippen MR) is 90.8 cm³/mol. The molecule has 1 N–H and O–H groups in total. The smallest absolute Gasteiger partial charge is 0.225 e. The lowest BCUT2D eigenvalue weighted by Gasteiger charge is -2.33. The maximum atomic E-state index is 12.5. The molecule has 4 heteroatoms. The van der Waals surface area contributed by atoms with Gasteiger partial charge in [-0.2, -0.15) is 0 Å². The van der Waals surface area contributed by atoms with Crippen LogP contribution in [0.25, 0.3) is 0 Å². The molecule has 0 unspecified atom stereocenters. The third-order valence-corrected chi connectivity index (χ3v) is 6.46. The standard InChI is InChI=1S/C19H32N2O2/c1-14-5-7-16(8-6-14)21-12-15(11-17(21)22)18(23)20-13-19(2)9-3-4-10-19/h14-16H,3-13H2,1-2H3,(H,20,23)/t14?,15-,16?/m0/s1. The van der Waals surface area contributed by atoms with Crippen LogP contribution in [0.2, 0.25) is 0 Å². The SMILES string of the molecule is CC1CCC(N2C[C@@H](C(=O)NCC3(C)CCCC3)CC2=O)CC1. The van der Waals surface area contributed by atoms with Crippen LogP contribution in [-0.2, 0) is 9.59 Å². The molecule has 2 aliphatic carbocycles. The average Bonchev–Trinajstić information content (AvgIpc) is 3.13. The second-order valence-electron chi connectivity index (χ2n) is 8.60. The van der Waals surface area contributed by atoms with Gasteiger partial charge in [-0.1, -0.05) is 26.7 Å². The summed E-state index contributed by atoms with van der Waals surface area (Å²) in [6.07, 6.45) is 10.0. The Morgan fingerprint density at radius 2 is 1.87 bits per heavy atom. The number of rotatable bonds is 4. The van der Waals surface area contributed by atoms with Gasteiger partial charge in [0.15, 0.2) is 0 Å². The van der Waals surface area contributed by atoms with Crippen molar-refractivity contribution in [2.75, 3.05) is 13.1 Å². The molecule has 130 valence electrons. The third-order valence-electron chi connectivity index (χ3n) is 6.46. The van der Waals surface area contributed by atoms with Crippen molar-refractivity contribution in [1.82, 2.24) is 10.2 Å². The van der Waals surface area contributed by atoms with E-state index >= 15 is 0 Å². The molecule has 23 heavy (non-hydrogen) atoms. The molecule has 0 aromatic rings. The highest BCUT2D eigenvalue weighted by molar-refractivity contribution is 5.89. The molecule has 3 aliphatic rings. The molecule has 1 aliphatic heterocycles. The van der Waals surface area contributed by atoms with Crippen molar-refractivity contribution < 1.29 is 9.59 Å². The van der Waals surface area contributed by atoms with Crippen LogP contribution < -0.4 is 5.32 Å². The van der Waals surface area contributed by atoms with Crippen LogP contribution in [0.1, 0.15) is 71.6 Å². The summed E-state index contributed by atoms with van der Waals surface area (Å²) in [4.78, 5) is 26.8. The van der Waals surface area contributed by atoms with Crippen molar-refractivity contribution in [2.24, 2.45) is 17.3 Å². The maximum Gasteiger partial charge on any atom is 0.225 e. The van der Waals surface area contributed by atoms with Gasteiger partial charge < -0.3 is 10.2 Å². The van der Waals surface area contributed by atoms with Crippen LogP contribution in [0.3, 0.4) is 0 Å². The molecule has 4 nitrogen and oxygen atoms in total. The first-order valence-corrected chi connectivity index (χ1v) is 9.54. The molecule has 0 aromatic carbocycles. The number of amides is 2. The minimum absolute atomic E-state index is 0.0955. The number of hydrogen-bond acceptors (Lipinski definition) is 2. The van der Waals surface area contributed by atoms with Crippen LogP contribution in [0, 0.1) is 17.3 Å². The van der Waals surface area contributed by atoms with E-state index in [9.17, 15) is 9.59 Å². The number of nitrogens with zero attached hydrogens (tertiary/aromatic N) is 1. The van der Waals surface area contributed by atoms with Crippen molar-refractivity contribution in [2.45, 2.75) is 77.7 Å². The molecule has 2 amide bonds. The molecule has 0 spiro atoms. The molecule has 1 heterocycles. The number of hydrogen-bond donors (Lipinski definition) is 1. The summed E-state index contributed by atoms with van der Waals surface area (Å²) >= 11 is 0. The van der Waals surface area contributed by atoms with Crippen molar-refractivity contribution in [3.63, 3.8) is 0 Å². The lowest BCUT2D eigenvalue weighted by atomic mass is 9.86. The second kappa shape index (κ2) is 6.82. The first-order chi connectivity index (χ1) is 11.0. The van der Waals surface area contributed by atoms with E-state index in [1.54, 1.807) is 0 Å². The Labute approximate surface area is 140 Å². The maximum absolute atomic E-state index is 12.5. The van der Waals surface area contributed by atoms with Gasteiger partial charge in [0.25, 0.3) is 0 Å². The van der Waals surface area contributed by atoms with Gasteiger partial charge in [0, 0.05) is 25.6 Å². The molecule has 2 saturated carbocycles. The Bertz CT molecular complexity index is 448. The van der Waals surface area contributed by atoms with Crippen LogP contribution in [0.15, 0.2) is 0 Å². The summed E-state index contributed by atoms with van der Waals surface area (Å²) in [6, 6.07) is 0.379. The quantitative estimate of drug-likeness (QED) is 0.865. The number of carbonyl (C=O) groups is 2. The van der Waals surface area contributed by atoms with E-state index in [1.807, 2.05) is 4.90 Å². The second-order valence-corrected chi connectivity index (χ2v) is 8.60. The summed E-state index contributed by atoms with van der Waals surface area (Å²) < 4.78 is 0. The van der Waals surface area contributed by atoms with E-state index < -0.39 is 0 Å². The number of nitrogens with one attached hydrogen (secondary N) is 1. The molecule has 3 fully saturated rings. The molecular formula is C19H32N2O2. The van der Waals surface area contributed by atoms with Gasteiger partial charge in [-0.15, -0.1) is 0 Å². The van der Waals surface area contributed by atoms with Gasteiger partial charge in [0.2, 0.25) is 11.8 Å². The van der Waals surface area contributed by atoms with Crippen LogP contribution >= 0.6 is 0 Å². The lowest BCUT2D eigenvalue weighted by molar-refractivity contribution is -0.131. The van der Waals surface area contributed by atoms with Gasteiger partial charge in [0.1, 0.15) is 0 Å². The van der Waals surface area contributed by atoms with E-state index in [1.165, 1.54) is 38.5 Å². The predicted octanol–water partition coefficient (Wildman–Crippen LogP) is 3.11. The summed E-state index contributed by atoms with van der Waals surface area (Å²) in [5, 5.41) is 3.14. The zero-order valence-electron chi connectivity index (χ0n) is 14.8. The van der Waals surface area contributed by atoms with E-state index in [0.717, 1.165) is 25.3 Å². The van der Waals surface area contributed by atoms with E-state index in [-0.39, 0.29) is 23.1 Å². The van der Waals surface area contributed by atoms with E-state index in [0.29, 0.717) is 19.0 Å². The fourth-order valence-electron chi connectivity index (χ4n) is 4.66. The molecule has 0 radical (unpaired) electrons. The normalized spacial score (nSPS) is 33.9. The Morgan fingerprint density at radius 1 is 1.22 bits per heavy atom. The van der Waals surface area contributed by atoms with Gasteiger partial charge in [0.05, 0.1) is 5.92 Å². The Kier molecular flexibility index (Phi) is 4.98. The first-order valence-electron chi connectivity index (χ1n) is 9.54. The summed E-state index contributed by atoms with van der Waals surface area (Å²) in [5.41, 5.74) is 0.275. The Balaban J connectivity index is 1.49. The average molecular weight is 320 g/mol. The highest BCUT2D eigenvalue weighted by atomic mass is 16.2. The van der Waals surface area contributed by atoms with Crippen molar-refractivity contribution in [1.29, 1.82) is 0 Å². The lowest BCUT2D eigenvalue weighted by Crippen LogP contribution is -2.41. The van der Waals surface area contributed by atoms with E-state index in [2.05, 4.69) is 19.2 Å². The summed E-state index contributed by atoms with van der Waals surface area (Å²) in [6.45, 7) is 5.98. The monoisotopic (exact) mass is 320 g/mol. The highest BCUT2D eigenvalue weighted by Crippen LogP contribution is 2.37. The molecular weight excluding hydrogens is 288 g/mol. The zero-order valence-corrected chi connectivity index (χ0v) is 14.8. The molecule has 1 saturated heterocycles. The topological polar surface area (TPSA) is 49.4 Å². The van der Waals surface area contributed by atoms with Crippen LogP contribution in [-0.4, -0.2) is 35.8 Å². The zero-order chi connectivity index (χ0) is 16.4. The number of carbonyl (C=O) groups excluding carboxylic acids is 2. The molecule has 0 bridgehead atoms. The largest absolute Gasteiger partial charge is 0.355 e. The Morgan fingerprint density at radius 3 is 2.52 bits per heavy atom. The van der Waals surface area contributed by atoms with Gasteiger partial charge in [-0.25, -0.2) is 0 Å². The minimum atomic E-state index is -0.133. The molecule has 1 atom stereocenters. The fourth-order valence-corrected chi connectivity index (χ4v) is 4.66. The summed E-state index contributed by atoms with van der Waals surface area (Å²) in [5.74, 6) is 0.942. The van der Waals surface area contributed by atoms with Gasteiger partial charge in [-0.3, -0.25) is 9.59 Å². The van der Waals surface area contributed by atoms with Crippen LogP contribution in [0.4, 0.5) is 0 Å². The van der Waals surface area contributed by atoms with E-state index in [4.69, 9.17) is 0 Å². The fraction of sp³-hybridized carbons (Fsp3) is 0.895. The van der Waals surface area contributed by atoms with Crippen molar-refractivity contribution >= 4 is 11.8 Å². The minimum Gasteiger partial charge on any atom is -0.355 e. The summed E-state index contributed by atoms with van der Waals surface area (Å²) in [7, 11) is 0. The highest BCUT2D eigenvalue weighted by Gasteiger charge is 2.39. The third kappa shape index (κ3) is 3.89. The first kappa shape index (κ1) is 16.8. The van der Waals surface area contributed by atoms with Gasteiger partial charge >= 0.3 is 0 Å². The molecule has 3 rings (SSSR count). The van der Waals surface area contributed by atoms with Gasteiger partial charge in [-0.05, 0) is 49.9 Å².